The lowest BCUT2D eigenvalue weighted by atomic mass is 9.84. The van der Waals surface area contributed by atoms with Gasteiger partial charge in [-0.1, -0.05) is 30.3 Å². The van der Waals surface area contributed by atoms with Crippen LogP contribution in [0.2, 0.25) is 0 Å². The summed E-state index contributed by atoms with van der Waals surface area (Å²) in [5.41, 5.74) is 2.39. The van der Waals surface area contributed by atoms with E-state index in [1.165, 1.54) is 47.8 Å². The zero-order valence-corrected chi connectivity index (χ0v) is 14.5. The number of hydrogen-bond donors (Lipinski definition) is 0. The van der Waals surface area contributed by atoms with E-state index in [0.29, 0.717) is 6.04 Å². The lowest BCUT2D eigenvalue weighted by Gasteiger charge is -2.45. The fourth-order valence-electron chi connectivity index (χ4n) is 4.15. The molecule has 1 unspecified atom stereocenters. The molecule has 1 aromatic carbocycles. The van der Waals surface area contributed by atoms with Crippen molar-refractivity contribution in [3.05, 3.63) is 55.0 Å². The van der Waals surface area contributed by atoms with Crippen molar-refractivity contribution in [2.45, 2.75) is 18.9 Å². The number of aromatic nitrogens is 2. The molecule has 0 aliphatic carbocycles. The number of imidazole rings is 1. The standard InChI is InChI=1S/C20H21N3S/c1-2-4-16(5-3-1)19-6-7-20(24-19)17-12-23(14-21-17)18-13-22-10-8-15(18)9-11-22/h1-7,12,14-15,18H,8-11,13H2. The van der Waals surface area contributed by atoms with Gasteiger partial charge in [0.15, 0.2) is 0 Å². The minimum Gasteiger partial charge on any atom is -0.332 e. The van der Waals surface area contributed by atoms with Crippen LogP contribution in [0.5, 0.6) is 0 Å². The molecule has 3 fully saturated rings. The van der Waals surface area contributed by atoms with Crippen LogP contribution in [-0.4, -0.2) is 34.1 Å². The number of rotatable bonds is 3. The van der Waals surface area contributed by atoms with Gasteiger partial charge in [0.25, 0.3) is 0 Å². The Balaban J connectivity index is 1.41. The zero-order chi connectivity index (χ0) is 15.9. The first-order valence-electron chi connectivity index (χ1n) is 8.78. The highest BCUT2D eigenvalue weighted by atomic mass is 32.1. The molecule has 1 atom stereocenters. The summed E-state index contributed by atoms with van der Waals surface area (Å²) in [6, 6.07) is 15.6. The topological polar surface area (TPSA) is 21.1 Å². The Kier molecular flexibility index (Phi) is 3.53. The fourth-order valence-corrected chi connectivity index (χ4v) is 5.12. The van der Waals surface area contributed by atoms with Gasteiger partial charge in [-0.15, -0.1) is 11.3 Å². The van der Waals surface area contributed by atoms with Gasteiger partial charge in [0.1, 0.15) is 0 Å². The number of nitrogens with zero attached hydrogens (tertiary/aromatic N) is 3. The molecule has 6 rings (SSSR count). The smallest absolute Gasteiger partial charge is 0.0982 e. The average Bonchev–Trinajstić information content (AvgIpc) is 3.33. The lowest BCUT2D eigenvalue weighted by molar-refractivity contribution is 0.0570. The molecule has 3 aromatic rings. The van der Waals surface area contributed by atoms with Crippen molar-refractivity contribution in [1.82, 2.24) is 14.5 Å². The first-order chi connectivity index (χ1) is 11.9. The third-order valence-corrected chi connectivity index (χ3v) is 6.68. The maximum absolute atomic E-state index is 4.71. The van der Waals surface area contributed by atoms with E-state index in [1.54, 1.807) is 0 Å². The van der Waals surface area contributed by atoms with Crippen molar-refractivity contribution in [3.8, 4) is 21.0 Å². The van der Waals surface area contributed by atoms with Crippen LogP contribution in [0.15, 0.2) is 55.0 Å². The molecule has 3 aliphatic rings. The van der Waals surface area contributed by atoms with E-state index >= 15 is 0 Å². The lowest BCUT2D eigenvalue weighted by Crippen LogP contribution is -2.47. The SMILES string of the molecule is c1ccc(-c2ccc(-c3cn(C4CN5CCC4CC5)cn3)s2)cc1. The second-order valence-corrected chi connectivity index (χ2v) is 8.03. The molecule has 0 spiro atoms. The van der Waals surface area contributed by atoms with E-state index < -0.39 is 0 Å². The highest BCUT2D eigenvalue weighted by Crippen LogP contribution is 2.37. The minimum atomic E-state index is 0.613. The van der Waals surface area contributed by atoms with Gasteiger partial charge in [-0.25, -0.2) is 4.98 Å². The summed E-state index contributed by atoms with van der Waals surface area (Å²) in [7, 11) is 0. The van der Waals surface area contributed by atoms with Gasteiger partial charge in [-0.3, -0.25) is 0 Å². The molecule has 2 bridgehead atoms. The first-order valence-corrected chi connectivity index (χ1v) is 9.60. The molecular weight excluding hydrogens is 314 g/mol. The van der Waals surface area contributed by atoms with Crippen molar-refractivity contribution in [2.24, 2.45) is 5.92 Å². The Bertz CT molecular complexity index is 827. The Morgan fingerprint density at radius 3 is 2.50 bits per heavy atom. The molecule has 0 radical (unpaired) electrons. The molecule has 24 heavy (non-hydrogen) atoms. The molecule has 0 saturated carbocycles. The minimum absolute atomic E-state index is 0.613. The van der Waals surface area contributed by atoms with Crippen LogP contribution in [0.3, 0.4) is 0 Å². The number of thiophene rings is 1. The predicted molar refractivity (Wildman–Crippen MR) is 99.2 cm³/mol. The Morgan fingerprint density at radius 2 is 1.75 bits per heavy atom. The van der Waals surface area contributed by atoms with Crippen LogP contribution in [0.4, 0.5) is 0 Å². The van der Waals surface area contributed by atoms with E-state index in [-0.39, 0.29) is 0 Å². The maximum Gasteiger partial charge on any atom is 0.0982 e. The molecule has 3 saturated heterocycles. The van der Waals surface area contributed by atoms with Gasteiger partial charge in [-0.2, -0.15) is 0 Å². The highest BCUT2D eigenvalue weighted by Gasteiger charge is 2.35. The molecule has 4 heteroatoms. The van der Waals surface area contributed by atoms with Crippen molar-refractivity contribution < 1.29 is 0 Å². The first kappa shape index (κ1) is 14.4. The van der Waals surface area contributed by atoms with E-state index in [4.69, 9.17) is 4.98 Å². The van der Waals surface area contributed by atoms with E-state index in [9.17, 15) is 0 Å². The van der Waals surface area contributed by atoms with Gasteiger partial charge < -0.3 is 9.47 Å². The Labute approximate surface area is 146 Å². The van der Waals surface area contributed by atoms with E-state index in [1.807, 2.05) is 17.7 Å². The number of hydrogen-bond acceptors (Lipinski definition) is 3. The van der Waals surface area contributed by atoms with Gasteiger partial charge >= 0.3 is 0 Å². The average molecular weight is 335 g/mol. The molecule has 3 aliphatic heterocycles. The molecule has 5 heterocycles. The normalized spacial score (nSPS) is 25.9. The van der Waals surface area contributed by atoms with Gasteiger partial charge in [-0.05, 0) is 49.5 Å². The third kappa shape index (κ3) is 2.50. The Morgan fingerprint density at radius 1 is 0.958 bits per heavy atom. The largest absolute Gasteiger partial charge is 0.332 e. The maximum atomic E-state index is 4.71. The van der Waals surface area contributed by atoms with Crippen molar-refractivity contribution in [3.63, 3.8) is 0 Å². The number of fused-ring (bicyclic) bond motifs is 3. The fraction of sp³-hybridized carbons (Fsp3) is 0.350. The Hall–Kier alpha value is -1.91. The van der Waals surface area contributed by atoms with Crippen LogP contribution in [-0.2, 0) is 0 Å². The van der Waals surface area contributed by atoms with Gasteiger partial charge in [0.2, 0.25) is 0 Å². The van der Waals surface area contributed by atoms with Crippen LogP contribution < -0.4 is 0 Å². The summed E-state index contributed by atoms with van der Waals surface area (Å²) < 4.78 is 2.37. The summed E-state index contributed by atoms with van der Waals surface area (Å²) in [6.07, 6.45) is 6.99. The van der Waals surface area contributed by atoms with E-state index in [2.05, 4.69) is 58.1 Å². The summed E-state index contributed by atoms with van der Waals surface area (Å²) in [4.78, 5) is 9.87. The molecule has 3 nitrogen and oxygen atoms in total. The third-order valence-electron chi connectivity index (χ3n) is 5.52. The summed E-state index contributed by atoms with van der Waals surface area (Å²) >= 11 is 1.83. The predicted octanol–water partition coefficient (Wildman–Crippen LogP) is 4.55. The highest BCUT2D eigenvalue weighted by molar-refractivity contribution is 7.18. The van der Waals surface area contributed by atoms with Crippen molar-refractivity contribution in [1.29, 1.82) is 0 Å². The quantitative estimate of drug-likeness (QED) is 0.700. The number of benzene rings is 1. The van der Waals surface area contributed by atoms with Crippen molar-refractivity contribution >= 4 is 11.3 Å². The van der Waals surface area contributed by atoms with Crippen LogP contribution >= 0.6 is 11.3 Å². The summed E-state index contributed by atoms with van der Waals surface area (Å²) in [5.74, 6) is 0.834. The van der Waals surface area contributed by atoms with Crippen LogP contribution in [0, 0.1) is 5.92 Å². The molecule has 2 aromatic heterocycles. The second kappa shape index (κ2) is 5.87. The second-order valence-electron chi connectivity index (χ2n) is 6.94. The molecular formula is C20H21N3S. The van der Waals surface area contributed by atoms with E-state index in [0.717, 1.165) is 11.6 Å². The summed E-state index contributed by atoms with van der Waals surface area (Å²) in [6.45, 7) is 3.77. The molecule has 122 valence electrons. The molecule has 0 N–H and O–H groups in total. The van der Waals surface area contributed by atoms with Crippen LogP contribution in [0.1, 0.15) is 18.9 Å². The van der Waals surface area contributed by atoms with Gasteiger partial charge in [0.05, 0.1) is 22.9 Å². The van der Waals surface area contributed by atoms with Crippen LogP contribution in [0.25, 0.3) is 21.0 Å². The monoisotopic (exact) mass is 335 g/mol. The van der Waals surface area contributed by atoms with Crippen molar-refractivity contribution in [2.75, 3.05) is 19.6 Å². The summed E-state index contributed by atoms with van der Waals surface area (Å²) in [5, 5.41) is 0. The zero-order valence-electron chi connectivity index (χ0n) is 13.6. The number of piperidine rings is 3. The van der Waals surface area contributed by atoms with Gasteiger partial charge in [0, 0.05) is 17.6 Å². The molecule has 0 amide bonds.